The Morgan fingerprint density at radius 1 is 0.938 bits per heavy atom. The molecular weight excluding hydrogens is 448 g/mol. The van der Waals surface area contributed by atoms with Gasteiger partial charge in [0.05, 0.1) is 14.6 Å². The smallest absolute Gasteiger partial charge is 0.314 e. The highest BCUT2D eigenvalue weighted by Crippen LogP contribution is 2.33. The molecule has 3 N–H and O–H groups in total. The molecule has 32 heavy (non-hydrogen) atoms. The minimum absolute atomic E-state index is 0.149. The van der Waals surface area contributed by atoms with Crippen molar-refractivity contribution in [3.8, 4) is 0 Å². The van der Waals surface area contributed by atoms with E-state index in [0.29, 0.717) is 31.7 Å². The van der Waals surface area contributed by atoms with Gasteiger partial charge in [-0.1, -0.05) is 43.6 Å². The lowest BCUT2D eigenvalue weighted by molar-refractivity contribution is -0.145. The summed E-state index contributed by atoms with van der Waals surface area (Å²) in [5, 5.41) is 15.3. The molecule has 0 aliphatic carbocycles. The molecule has 0 bridgehead atoms. The van der Waals surface area contributed by atoms with Crippen LogP contribution < -0.4 is 10.6 Å². The van der Waals surface area contributed by atoms with Gasteiger partial charge in [-0.25, -0.2) is 0 Å². The first kappa shape index (κ1) is 23.5. The van der Waals surface area contributed by atoms with Crippen molar-refractivity contribution in [2.24, 2.45) is 5.92 Å². The summed E-state index contributed by atoms with van der Waals surface area (Å²) in [5.74, 6) is -1.76. The summed E-state index contributed by atoms with van der Waals surface area (Å²) in [6, 6.07) is 16.7. The third-order valence-electron chi connectivity index (χ3n) is 5.50. The molecule has 3 rings (SSSR count). The maximum atomic E-state index is 12.8. The van der Waals surface area contributed by atoms with E-state index in [1.165, 1.54) is 11.3 Å². The Kier molecular flexibility index (Phi) is 7.01. The molecule has 166 valence electrons. The average molecular weight is 471 g/mol. The average Bonchev–Trinajstić information content (AvgIpc) is 3.19. The summed E-state index contributed by atoms with van der Waals surface area (Å²) in [4.78, 5) is 37.5. The molecule has 0 fully saturated rings. The fraction of sp³-hybridized carbons (Fsp3) is 0.208. The van der Waals surface area contributed by atoms with Crippen LogP contribution in [0.25, 0.3) is 0 Å². The van der Waals surface area contributed by atoms with Gasteiger partial charge in [-0.05, 0) is 60.9 Å². The lowest BCUT2D eigenvalue weighted by atomic mass is 9.73. The van der Waals surface area contributed by atoms with Crippen LogP contribution in [0.15, 0.2) is 60.7 Å². The van der Waals surface area contributed by atoms with Gasteiger partial charge < -0.3 is 15.7 Å². The lowest BCUT2D eigenvalue weighted by Gasteiger charge is -2.30. The van der Waals surface area contributed by atoms with Crippen molar-refractivity contribution in [1.82, 2.24) is 0 Å². The van der Waals surface area contributed by atoms with Crippen LogP contribution in [0.1, 0.15) is 46.4 Å². The van der Waals surface area contributed by atoms with Crippen molar-refractivity contribution in [3.05, 3.63) is 81.0 Å². The number of thiophene rings is 1. The van der Waals surface area contributed by atoms with Gasteiger partial charge in [0.15, 0.2) is 0 Å². The highest BCUT2D eigenvalue weighted by Gasteiger charge is 2.38. The van der Waals surface area contributed by atoms with Crippen LogP contribution in [0.3, 0.4) is 0 Å². The summed E-state index contributed by atoms with van der Waals surface area (Å²) in [5.41, 5.74) is 0.827. The Morgan fingerprint density at radius 2 is 1.56 bits per heavy atom. The molecule has 6 nitrogen and oxygen atoms in total. The van der Waals surface area contributed by atoms with E-state index < -0.39 is 11.4 Å². The molecule has 1 aromatic heterocycles. The van der Waals surface area contributed by atoms with Crippen molar-refractivity contribution < 1.29 is 19.5 Å². The minimum atomic E-state index is -1.09. The number of carboxylic acids is 1. The molecule has 0 radical (unpaired) electrons. The molecule has 8 heteroatoms. The molecular formula is C24H23ClN2O4S. The first-order valence-electron chi connectivity index (χ1n) is 9.93. The predicted molar refractivity (Wildman–Crippen MR) is 128 cm³/mol. The van der Waals surface area contributed by atoms with E-state index >= 15 is 0 Å². The predicted octanol–water partition coefficient (Wildman–Crippen LogP) is 5.90. The summed E-state index contributed by atoms with van der Waals surface area (Å²) in [6.07, 6.45) is 0. The number of halogens is 1. The van der Waals surface area contributed by atoms with Crippen LogP contribution in [0.5, 0.6) is 0 Å². The number of carboxylic acid groups (broad SMARTS) is 1. The Hall–Kier alpha value is -3.16. The largest absolute Gasteiger partial charge is 0.481 e. The molecule has 0 aliphatic rings. The van der Waals surface area contributed by atoms with Crippen molar-refractivity contribution in [1.29, 1.82) is 0 Å². The van der Waals surface area contributed by atoms with Crippen LogP contribution in [0.2, 0.25) is 4.34 Å². The number of aliphatic carboxylic acids is 1. The number of benzene rings is 2. The van der Waals surface area contributed by atoms with Gasteiger partial charge >= 0.3 is 5.97 Å². The van der Waals surface area contributed by atoms with Gasteiger partial charge in [0.25, 0.3) is 11.8 Å². The van der Waals surface area contributed by atoms with E-state index in [9.17, 15) is 19.5 Å². The van der Waals surface area contributed by atoms with Crippen LogP contribution in [-0.4, -0.2) is 22.9 Å². The highest BCUT2D eigenvalue weighted by molar-refractivity contribution is 7.18. The number of carbonyl (C=O) groups excluding carboxylic acids is 2. The molecule has 1 unspecified atom stereocenters. The van der Waals surface area contributed by atoms with Gasteiger partial charge in [-0.2, -0.15) is 0 Å². The molecule has 2 amide bonds. The van der Waals surface area contributed by atoms with Gasteiger partial charge in [-0.15, -0.1) is 11.3 Å². The van der Waals surface area contributed by atoms with Crippen molar-refractivity contribution in [3.63, 3.8) is 0 Å². The second kappa shape index (κ2) is 9.54. The van der Waals surface area contributed by atoms with E-state index in [2.05, 4.69) is 10.6 Å². The molecule has 1 atom stereocenters. The first-order chi connectivity index (χ1) is 15.1. The molecule has 0 aliphatic heterocycles. The van der Waals surface area contributed by atoms with Gasteiger partial charge in [0.1, 0.15) is 0 Å². The van der Waals surface area contributed by atoms with Crippen molar-refractivity contribution in [2.75, 3.05) is 10.6 Å². The van der Waals surface area contributed by atoms with Gasteiger partial charge in [0.2, 0.25) is 0 Å². The number of anilines is 2. The fourth-order valence-corrected chi connectivity index (χ4v) is 4.13. The zero-order valence-corrected chi connectivity index (χ0v) is 19.4. The summed E-state index contributed by atoms with van der Waals surface area (Å²) in [7, 11) is 0. The van der Waals surface area contributed by atoms with E-state index in [0.717, 1.165) is 0 Å². The normalized spacial score (nSPS) is 12.8. The Morgan fingerprint density at radius 3 is 2.16 bits per heavy atom. The second-order valence-electron chi connectivity index (χ2n) is 7.84. The Bertz CT molecular complexity index is 1170. The highest BCUT2D eigenvalue weighted by atomic mass is 35.5. The quantitative estimate of drug-likeness (QED) is 0.400. The van der Waals surface area contributed by atoms with Crippen molar-refractivity contribution >= 4 is 52.1 Å². The van der Waals surface area contributed by atoms with E-state index in [-0.39, 0.29) is 17.7 Å². The topological polar surface area (TPSA) is 95.5 Å². The number of hydrogen-bond donors (Lipinski definition) is 3. The minimum Gasteiger partial charge on any atom is -0.481 e. The summed E-state index contributed by atoms with van der Waals surface area (Å²) >= 11 is 7.04. The van der Waals surface area contributed by atoms with E-state index in [1.807, 2.05) is 13.8 Å². The van der Waals surface area contributed by atoms with E-state index in [4.69, 9.17) is 11.6 Å². The summed E-state index contributed by atoms with van der Waals surface area (Å²) < 4.78 is 0.516. The first-order valence-corrected chi connectivity index (χ1v) is 11.1. The monoisotopic (exact) mass is 470 g/mol. The van der Waals surface area contributed by atoms with Gasteiger partial charge in [0, 0.05) is 16.9 Å². The van der Waals surface area contributed by atoms with Gasteiger partial charge in [-0.3, -0.25) is 14.4 Å². The van der Waals surface area contributed by atoms with Crippen LogP contribution >= 0.6 is 22.9 Å². The number of rotatable bonds is 7. The molecule has 0 spiro atoms. The van der Waals surface area contributed by atoms with Crippen LogP contribution in [-0.2, 0) is 10.2 Å². The Balaban J connectivity index is 1.77. The third kappa shape index (κ3) is 5.00. The lowest BCUT2D eigenvalue weighted by Crippen LogP contribution is -2.37. The SMILES string of the molecule is CC(C)C(C)(C(=O)O)c1cccc(NC(=O)c2cccc(NC(=O)c3ccc(Cl)s3)c2)c1. The third-order valence-corrected chi connectivity index (χ3v) is 6.73. The van der Waals surface area contributed by atoms with Crippen LogP contribution in [0, 0.1) is 5.92 Å². The number of nitrogens with one attached hydrogen (secondary N) is 2. The molecule has 1 heterocycles. The second-order valence-corrected chi connectivity index (χ2v) is 9.55. The number of carbonyl (C=O) groups is 3. The standard InChI is InChI=1S/C24H23ClN2O4S/c1-14(2)24(3,23(30)31)16-7-5-9-18(13-16)26-21(28)15-6-4-8-17(12-15)27-22(29)19-10-11-20(25)32-19/h4-14H,1-3H3,(H,26,28)(H,27,29)(H,30,31). The zero-order chi connectivity index (χ0) is 23.5. The molecule has 0 saturated carbocycles. The zero-order valence-electron chi connectivity index (χ0n) is 17.8. The number of amides is 2. The van der Waals surface area contributed by atoms with Crippen LogP contribution in [0.4, 0.5) is 11.4 Å². The fourth-order valence-electron chi connectivity index (χ4n) is 3.19. The van der Waals surface area contributed by atoms with E-state index in [1.54, 1.807) is 67.6 Å². The Labute approximate surface area is 195 Å². The maximum absolute atomic E-state index is 12.8. The number of hydrogen-bond acceptors (Lipinski definition) is 4. The van der Waals surface area contributed by atoms with Crippen molar-refractivity contribution in [2.45, 2.75) is 26.2 Å². The maximum Gasteiger partial charge on any atom is 0.314 e. The molecule has 3 aromatic rings. The molecule has 0 saturated heterocycles. The molecule has 2 aromatic carbocycles. The summed E-state index contributed by atoms with van der Waals surface area (Å²) in [6.45, 7) is 5.38.